The average molecular weight is 283 g/mol. The largest absolute Gasteiger partial charge is 0.409 e. The molecule has 0 fully saturated rings. The van der Waals surface area contributed by atoms with Crippen molar-refractivity contribution in [2.45, 2.75) is 6.42 Å². The van der Waals surface area contributed by atoms with Crippen LogP contribution in [0.15, 0.2) is 29.4 Å². The second-order valence-corrected chi connectivity index (χ2v) is 5.54. The molecule has 0 spiro atoms. The van der Waals surface area contributed by atoms with Gasteiger partial charge in [0.1, 0.15) is 0 Å². The van der Waals surface area contributed by atoms with Crippen LogP contribution in [-0.4, -0.2) is 39.7 Å². The Kier molecular flexibility index (Phi) is 6.01. The summed E-state index contributed by atoms with van der Waals surface area (Å²) in [5.41, 5.74) is 6.85. The van der Waals surface area contributed by atoms with Gasteiger partial charge in [0, 0.05) is 34.9 Å². The van der Waals surface area contributed by atoms with Crippen molar-refractivity contribution in [3.63, 3.8) is 0 Å². The lowest BCUT2D eigenvalue weighted by molar-refractivity contribution is -0.120. The number of hydrogen-bond acceptors (Lipinski definition) is 4. The summed E-state index contributed by atoms with van der Waals surface area (Å²) < 4.78 is 10.8. The molecule has 0 bridgehead atoms. The topological polar surface area (TPSA) is 105 Å². The summed E-state index contributed by atoms with van der Waals surface area (Å²) >= 11 is 0. The normalized spacial score (nSPS) is 13.0. The smallest absolute Gasteiger partial charge is 0.224 e. The molecule has 0 saturated carbocycles. The molecule has 1 aromatic rings. The lowest BCUT2D eigenvalue weighted by atomic mass is 10.1. The van der Waals surface area contributed by atoms with E-state index in [0.29, 0.717) is 17.9 Å². The van der Waals surface area contributed by atoms with Crippen LogP contribution in [-0.2, 0) is 22.0 Å². The minimum atomic E-state index is -0.903. The van der Waals surface area contributed by atoms with Crippen molar-refractivity contribution in [1.29, 1.82) is 0 Å². The first-order valence-corrected chi connectivity index (χ1v) is 7.39. The van der Waals surface area contributed by atoms with Crippen LogP contribution in [0.2, 0.25) is 0 Å². The summed E-state index contributed by atoms with van der Waals surface area (Å²) in [6, 6.07) is 6.84. The number of amides is 1. The number of nitrogens with two attached hydrogens (primary N) is 1. The number of rotatable bonds is 6. The van der Waals surface area contributed by atoms with E-state index in [1.807, 2.05) is 0 Å². The predicted molar refractivity (Wildman–Crippen MR) is 74.6 cm³/mol. The third-order valence-electron chi connectivity index (χ3n) is 2.43. The third-order valence-corrected chi connectivity index (χ3v) is 3.21. The second kappa shape index (κ2) is 7.52. The zero-order valence-corrected chi connectivity index (χ0v) is 11.4. The van der Waals surface area contributed by atoms with E-state index in [1.54, 1.807) is 30.5 Å². The fourth-order valence-electron chi connectivity index (χ4n) is 1.43. The van der Waals surface area contributed by atoms with Gasteiger partial charge in [0.15, 0.2) is 5.84 Å². The molecule has 1 unspecified atom stereocenters. The number of oxime groups is 1. The van der Waals surface area contributed by atoms with Crippen LogP contribution in [0.3, 0.4) is 0 Å². The minimum Gasteiger partial charge on any atom is -0.409 e. The van der Waals surface area contributed by atoms with Gasteiger partial charge in [0.25, 0.3) is 0 Å². The molecule has 0 aliphatic heterocycles. The Balaban J connectivity index is 2.49. The molecule has 0 aliphatic carbocycles. The number of hydrogen-bond donors (Lipinski definition) is 3. The molecule has 0 aromatic heterocycles. The first kappa shape index (κ1) is 15.2. The first-order chi connectivity index (χ1) is 9.02. The molecule has 1 rings (SSSR count). The molecular formula is C12H17N3O3S. The van der Waals surface area contributed by atoms with Gasteiger partial charge in [-0.1, -0.05) is 29.4 Å². The lowest BCUT2D eigenvalue weighted by Gasteiger charge is -2.05. The lowest BCUT2D eigenvalue weighted by Crippen LogP contribution is -2.28. The van der Waals surface area contributed by atoms with E-state index in [0.717, 1.165) is 5.56 Å². The van der Waals surface area contributed by atoms with Gasteiger partial charge in [-0.25, -0.2) is 0 Å². The van der Waals surface area contributed by atoms with E-state index >= 15 is 0 Å². The zero-order chi connectivity index (χ0) is 14.3. The SMILES string of the molecule is CS(=O)CCNC(=O)Cc1ccc(/C(N)=N/O)cc1. The number of nitrogens with zero attached hydrogens (tertiary/aromatic N) is 1. The highest BCUT2D eigenvalue weighted by atomic mass is 32.2. The van der Waals surface area contributed by atoms with Crippen LogP contribution in [0.5, 0.6) is 0 Å². The Morgan fingerprint density at radius 2 is 2.05 bits per heavy atom. The van der Waals surface area contributed by atoms with Crippen molar-refractivity contribution < 1.29 is 14.2 Å². The van der Waals surface area contributed by atoms with Gasteiger partial charge in [-0.2, -0.15) is 0 Å². The quantitative estimate of drug-likeness (QED) is 0.291. The van der Waals surface area contributed by atoms with Gasteiger partial charge < -0.3 is 16.3 Å². The molecule has 0 aliphatic rings. The summed E-state index contributed by atoms with van der Waals surface area (Å²) in [6.07, 6.45) is 1.84. The summed E-state index contributed by atoms with van der Waals surface area (Å²) in [4.78, 5) is 11.6. The molecule has 0 heterocycles. The number of amidine groups is 1. The molecule has 6 nitrogen and oxygen atoms in total. The highest BCUT2D eigenvalue weighted by Crippen LogP contribution is 2.05. The monoisotopic (exact) mass is 283 g/mol. The summed E-state index contributed by atoms with van der Waals surface area (Å²) in [7, 11) is -0.903. The molecular weight excluding hydrogens is 266 g/mol. The van der Waals surface area contributed by atoms with E-state index in [2.05, 4.69) is 10.5 Å². The van der Waals surface area contributed by atoms with Gasteiger partial charge in [0.05, 0.1) is 6.42 Å². The Morgan fingerprint density at radius 1 is 1.42 bits per heavy atom. The highest BCUT2D eigenvalue weighted by molar-refractivity contribution is 7.84. The van der Waals surface area contributed by atoms with E-state index in [-0.39, 0.29) is 18.2 Å². The standard InChI is InChI=1S/C12H17N3O3S/c1-19(18)7-6-14-11(16)8-9-2-4-10(5-3-9)12(13)15-17/h2-5,17H,6-8H2,1H3,(H2,13,15)(H,14,16). The molecule has 1 aromatic carbocycles. The average Bonchev–Trinajstić information content (AvgIpc) is 2.38. The molecule has 0 saturated heterocycles. The molecule has 4 N–H and O–H groups in total. The van der Waals surface area contributed by atoms with Gasteiger partial charge in [-0.05, 0) is 5.56 Å². The maximum atomic E-state index is 11.6. The Morgan fingerprint density at radius 3 is 2.58 bits per heavy atom. The molecule has 1 atom stereocenters. The molecule has 7 heteroatoms. The van der Waals surface area contributed by atoms with Crippen LogP contribution >= 0.6 is 0 Å². The van der Waals surface area contributed by atoms with Crippen LogP contribution in [0, 0.1) is 0 Å². The maximum Gasteiger partial charge on any atom is 0.224 e. The van der Waals surface area contributed by atoms with E-state index in [1.165, 1.54) is 0 Å². The Hall–Kier alpha value is -1.89. The number of carbonyl (C=O) groups excluding carboxylic acids is 1. The molecule has 0 radical (unpaired) electrons. The van der Waals surface area contributed by atoms with Gasteiger partial charge in [-0.15, -0.1) is 0 Å². The number of nitrogens with one attached hydrogen (secondary N) is 1. The fourth-order valence-corrected chi connectivity index (χ4v) is 1.82. The minimum absolute atomic E-state index is 0.0291. The van der Waals surface area contributed by atoms with Crippen LogP contribution < -0.4 is 11.1 Å². The van der Waals surface area contributed by atoms with Crippen molar-refractivity contribution in [2.24, 2.45) is 10.9 Å². The van der Waals surface area contributed by atoms with E-state index < -0.39 is 10.8 Å². The van der Waals surface area contributed by atoms with Crippen molar-refractivity contribution in [3.05, 3.63) is 35.4 Å². The molecule has 19 heavy (non-hydrogen) atoms. The zero-order valence-electron chi connectivity index (χ0n) is 10.6. The fraction of sp³-hybridized carbons (Fsp3) is 0.333. The summed E-state index contributed by atoms with van der Waals surface area (Å²) in [6.45, 7) is 0.407. The predicted octanol–water partition coefficient (Wildman–Crippen LogP) is -0.182. The third kappa shape index (κ3) is 5.52. The van der Waals surface area contributed by atoms with E-state index in [9.17, 15) is 9.00 Å². The van der Waals surface area contributed by atoms with Crippen LogP contribution in [0.4, 0.5) is 0 Å². The van der Waals surface area contributed by atoms with Crippen molar-refractivity contribution >= 4 is 22.5 Å². The van der Waals surface area contributed by atoms with Gasteiger partial charge in [0.2, 0.25) is 5.91 Å². The summed E-state index contributed by atoms with van der Waals surface area (Å²) in [5.74, 6) is 0.359. The van der Waals surface area contributed by atoms with Crippen LogP contribution in [0.1, 0.15) is 11.1 Å². The van der Waals surface area contributed by atoms with Gasteiger partial charge >= 0.3 is 0 Å². The Labute approximate surface area is 114 Å². The second-order valence-electron chi connectivity index (χ2n) is 3.99. The Bertz CT molecular complexity index is 485. The maximum absolute atomic E-state index is 11.6. The molecule has 1 amide bonds. The molecule has 104 valence electrons. The van der Waals surface area contributed by atoms with E-state index in [4.69, 9.17) is 10.9 Å². The first-order valence-electron chi connectivity index (χ1n) is 5.66. The van der Waals surface area contributed by atoms with Crippen molar-refractivity contribution in [3.8, 4) is 0 Å². The summed E-state index contributed by atoms with van der Waals surface area (Å²) in [5, 5.41) is 14.1. The number of benzene rings is 1. The van der Waals surface area contributed by atoms with Crippen molar-refractivity contribution in [1.82, 2.24) is 5.32 Å². The van der Waals surface area contributed by atoms with Crippen molar-refractivity contribution in [2.75, 3.05) is 18.6 Å². The highest BCUT2D eigenvalue weighted by Gasteiger charge is 2.04. The number of carbonyl (C=O) groups is 1. The van der Waals surface area contributed by atoms with Crippen LogP contribution in [0.25, 0.3) is 0 Å². The van der Waals surface area contributed by atoms with Gasteiger partial charge in [-0.3, -0.25) is 9.00 Å².